The summed E-state index contributed by atoms with van der Waals surface area (Å²) in [5.41, 5.74) is 2.14. The number of imidazole rings is 1. The van der Waals surface area contributed by atoms with Crippen LogP contribution in [-0.2, 0) is 13.1 Å². The van der Waals surface area contributed by atoms with E-state index in [1.54, 1.807) is 6.20 Å². The molecule has 4 aromatic rings. The molecule has 0 saturated carbocycles. The second-order valence-corrected chi connectivity index (χ2v) is 6.91. The van der Waals surface area contributed by atoms with E-state index in [2.05, 4.69) is 27.0 Å². The van der Waals surface area contributed by atoms with E-state index in [1.165, 1.54) is 5.56 Å². The summed E-state index contributed by atoms with van der Waals surface area (Å²) < 4.78 is 13.9. The van der Waals surface area contributed by atoms with Crippen LogP contribution in [0.1, 0.15) is 12.0 Å². The first-order chi connectivity index (χ1) is 14.9. The lowest BCUT2D eigenvalue weighted by Gasteiger charge is -2.13. The standard InChI is InChI=1S/C25H25N3O2/c1-2-7-23(8-3-1)30-25-10-5-4-9-24(25)27-19-21-11-13-22(14-12-21)29-18-6-16-28-17-15-26-20-28/h1-5,7-15,17,20,27H,6,16,18-19H2. The number of anilines is 1. The highest BCUT2D eigenvalue weighted by Crippen LogP contribution is 2.29. The number of aryl methyl sites for hydroxylation is 1. The molecule has 1 N–H and O–H groups in total. The molecule has 5 nitrogen and oxygen atoms in total. The van der Waals surface area contributed by atoms with Crippen molar-refractivity contribution in [1.82, 2.24) is 9.55 Å². The van der Waals surface area contributed by atoms with E-state index in [0.29, 0.717) is 13.2 Å². The zero-order valence-corrected chi connectivity index (χ0v) is 16.8. The topological polar surface area (TPSA) is 48.3 Å². The molecule has 5 heteroatoms. The van der Waals surface area contributed by atoms with Gasteiger partial charge in [-0.3, -0.25) is 0 Å². The van der Waals surface area contributed by atoms with E-state index in [-0.39, 0.29) is 0 Å². The Morgan fingerprint density at radius 2 is 1.63 bits per heavy atom. The van der Waals surface area contributed by atoms with E-state index in [4.69, 9.17) is 9.47 Å². The first kappa shape index (κ1) is 19.6. The summed E-state index contributed by atoms with van der Waals surface area (Å²) in [6.45, 7) is 2.29. The number of hydrogen-bond acceptors (Lipinski definition) is 4. The number of ether oxygens (including phenoxy) is 2. The number of nitrogens with one attached hydrogen (secondary N) is 1. The van der Waals surface area contributed by atoms with Gasteiger partial charge in [-0.05, 0) is 48.4 Å². The molecule has 0 atom stereocenters. The van der Waals surface area contributed by atoms with Crippen LogP contribution in [0.25, 0.3) is 0 Å². The summed E-state index contributed by atoms with van der Waals surface area (Å²) in [6.07, 6.45) is 6.52. The second-order valence-electron chi connectivity index (χ2n) is 6.91. The predicted octanol–water partition coefficient (Wildman–Crippen LogP) is 5.76. The molecule has 0 saturated heterocycles. The van der Waals surface area contributed by atoms with Gasteiger partial charge in [-0.15, -0.1) is 0 Å². The molecule has 152 valence electrons. The molecule has 1 heterocycles. The van der Waals surface area contributed by atoms with Crippen molar-refractivity contribution >= 4 is 5.69 Å². The first-order valence-electron chi connectivity index (χ1n) is 10.1. The molecule has 4 rings (SSSR count). The predicted molar refractivity (Wildman–Crippen MR) is 119 cm³/mol. The van der Waals surface area contributed by atoms with E-state index >= 15 is 0 Å². The van der Waals surface area contributed by atoms with E-state index in [1.807, 2.05) is 79.3 Å². The lowest BCUT2D eigenvalue weighted by molar-refractivity contribution is 0.301. The van der Waals surface area contributed by atoms with Crippen molar-refractivity contribution in [3.63, 3.8) is 0 Å². The van der Waals surface area contributed by atoms with Crippen molar-refractivity contribution in [2.45, 2.75) is 19.5 Å². The highest BCUT2D eigenvalue weighted by atomic mass is 16.5. The minimum Gasteiger partial charge on any atom is -0.494 e. The molecule has 0 aliphatic heterocycles. The van der Waals surface area contributed by atoms with Crippen molar-refractivity contribution in [3.8, 4) is 17.2 Å². The summed E-state index contributed by atoms with van der Waals surface area (Å²) in [6, 6.07) is 26.0. The zero-order chi connectivity index (χ0) is 20.4. The fourth-order valence-electron chi connectivity index (χ4n) is 3.07. The monoisotopic (exact) mass is 399 g/mol. The van der Waals surface area contributed by atoms with Crippen LogP contribution in [0.5, 0.6) is 17.2 Å². The molecule has 0 aliphatic carbocycles. The van der Waals surface area contributed by atoms with Gasteiger partial charge in [0.15, 0.2) is 5.75 Å². The Balaban J connectivity index is 1.27. The van der Waals surface area contributed by atoms with Gasteiger partial charge in [0.2, 0.25) is 0 Å². The highest BCUT2D eigenvalue weighted by Gasteiger charge is 2.04. The Morgan fingerprint density at radius 1 is 0.833 bits per heavy atom. The van der Waals surface area contributed by atoms with Gasteiger partial charge < -0.3 is 19.4 Å². The van der Waals surface area contributed by atoms with Crippen molar-refractivity contribution < 1.29 is 9.47 Å². The van der Waals surface area contributed by atoms with Crippen LogP contribution in [0, 0.1) is 0 Å². The van der Waals surface area contributed by atoms with Gasteiger partial charge in [0.25, 0.3) is 0 Å². The number of nitrogens with zero attached hydrogens (tertiary/aromatic N) is 2. The molecule has 0 unspecified atom stereocenters. The first-order valence-corrected chi connectivity index (χ1v) is 10.1. The second kappa shape index (κ2) is 10.2. The van der Waals surface area contributed by atoms with Gasteiger partial charge in [-0.25, -0.2) is 4.98 Å². The summed E-state index contributed by atoms with van der Waals surface area (Å²) in [5, 5.41) is 3.46. The molecule has 0 fully saturated rings. The van der Waals surface area contributed by atoms with Crippen LogP contribution in [0.3, 0.4) is 0 Å². The molecule has 0 bridgehead atoms. The van der Waals surface area contributed by atoms with E-state index < -0.39 is 0 Å². The molecule has 0 amide bonds. The summed E-state index contributed by atoms with van der Waals surface area (Å²) in [4.78, 5) is 4.04. The maximum Gasteiger partial charge on any atom is 0.150 e. The average Bonchev–Trinajstić information content (AvgIpc) is 3.31. The Morgan fingerprint density at radius 3 is 2.43 bits per heavy atom. The van der Waals surface area contributed by atoms with Crippen LogP contribution in [0.4, 0.5) is 5.69 Å². The van der Waals surface area contributed by atoms with Gasteiger partial charge in [-0.1, -0.05) is 42.5 Å². The summed E-state index contributed by atoms with van der Waals surface area (Å²) in [7, 11) is 0. The number of rotatable bonds is 10. The summed E-state index contributed by atoms with van der Waals surface area (Å²) in [5.74, 6) is 2.51. The van der Waals surface area contributed by atoms with Crippen molar-refractivity contribution in [3.05, 3.63) is 103 Å². The fraction of sp³-hybridized carbons (Fsp3) is 0.160. The molecule has 0 radical (unpaired) electrons. The fourth-order valence-corrected chi connectivity index (χ4v) is 3.07. The minimum atomic E-state index is 0.681. The summed E-state index contributed by atoms with van der Waals surface area (Å²) >= 11 is 0. The van der Waals surface area contributed by atoms with Gasteiger partial charge in [0.1, 0.15) is 11.5 Å². The third kappa shape index (κ3) is 5.64. The molecular weight excluding hydrogens is 374 g/mol. The van der Waals surface area contributed by atoms with Crippen LogP contribution in [-0.4, -0.2) is 16.2 Å². The molecule has 0 aliphatic rings. The van der Waals surface area contributed by atoms with Crippen LogP contribution in [0.15, 0.2) is 97.6 Å². The molecule has 1 aromatic heterocycles. The lowest BCUT2D eigenvalue weighted by Crippen LogP contribution is -2.03. The van der Waals surface area contributed by atoms with Gasteiger partial charge in [0.05, 0.1) is 18.6 Å². The van der Waals surface area contributed by atoms with Gasteiger partial charge in [-0.2, -0.15) is 0 Å². The smallest absolute Gasteiger partial charge is 0.150 e. The van der Waals surface area contributed by atoms with Crippen LogP contribution >= 0.6 is 0 Å². The van der Waals surface area contributed by atoms with Gasteiger partial charge >= 0.3 is 0 Å². The third-order valence-corrected chi connectivity index (χ3v) is 4.65. The average molecular weight is 399 g/mol. The van der Waals surface area contributed by atoms with E-state index in [0.717, 1.165) is 35.9 Å². The van der Waals surface area contributed by atoms with Crippen molar-refractivity contribution in [2.75, 3.05) is 11.9 Å². The maximum atomic E-state index is 6.01. The number of benzene rings is 3. The molecule has 3 aromatic carbocycles. The Kier molecular flexibility index (Phi) is 6.63. The highest BCUT2D eigenvalue weighted by molar-refractivity contribution is 5.57. The van der Waals surface area contributed by atoms with Crippen molar-refractivity contribution in [2.24, 2.45) is 0 Å². The van der Waals surface area contributed by atoms with E-state index in [9.17, 15) is 0 Å². The SMILES string of the molecule is c1ccc(Oc2ccccc2NCc2ccc(OCCCn3ccnc3)cc2)cc1. The quantitative estimate of drug-likeness (QED) is 0.345. The number of hydrogen-bond donors (Lipinski definition) is 1. The third-order valence-electron chi connectivity index (χ3n) is 4.65. The minimum absolute atomic E-state index is 0.681. The Labute approximate surface area is 176 Å². The van der Waals surface area contributed by atoms with Crippen LogP contribution < -0.4 is 14.8 Å². The van der Waals surface area contributed by atoms with Crippen LogP contribution in [0.2, 0.25) is 0 Å². The molecule has 0 spiro atoms. The largest absolute Gasteiger partial charge is 0.494 e. The number of para-hydroxylation sites is 3. The maximum absolute atomic E-state index is 6.01. The zero-order valence-electron chi connectivity index (χ0n) is 16.8. The Hall–Kier alpha value is -3.73. The van der Waals surface area contributed by atoms with Gasteiger partial charge in [0, 0.05) is 25.5 Å². The van der Waals surface area contributed by atoms with Crippen molar-refractivity contribution in [1.29, 1.82) is 0 Å². The lowest BCUT2D eigenvalue weighted by atomic mass is 10.2. The normalized spacial score (nSPS) is 10.5. The molecule has 30 heavy (non-hydrogen) atoms. The number of aromatic nitrogens is 2. The Bertz CT molecular complexity index is 1020. The molecular formula is C25H25N3O2.